The molecule has 1 fully saturated rings. The second kappa shape index (κ2) is 6.82. The summed E-state index contributed by atoms with van der Waals surface area (Å²) in [7, 11) is 0. The maximum atomic E-state index is 12.6. The van der Waals surface area contributed by atoms with Gasteiger partial charge in [0.05, 0.1) is 0 Å². The molecule has 1 aliphatic carbocycles. The zero-order chi connectivity index (χ0) is 15.5. The van der Waals surface area contributed by atoms with Crippen molar-refractivity contribution >= 4 is 11.6 Å². The first-order valence-electron chi connectivity index (χ1n) is 8.81. The number of hydrogen-bond acceptors (Lipinski definition) is 2. The molecule has 1 aromatic rings. The number of amides is 1. The van der Waals surface area contributed by atoms with Crippen molar-refractivity contribution in [1.82, 2.24) is 4.90 Å². The van der Waals surface area contributed by atoms with Crippen LogP contribution >= 0.6 is 0 Å². The Morgan fingerprint density at radius 2 is 2.00 bits per heavy atom. The molecule has 120 valence electrons. The van der Waals surface area contributed by atoms with E-state index in [9.17, 15) is 4.79 Å². The molecule has 0 N–H and O–H groups in total. The van der Waals surface area contributed by atoms with Crippen molar-refractivity contribution in [3.8, 4) is 0 Å². The quantitative estimate of drug-likeness (QED) is 0.829. The highest BCUT2D eigenvalue weighted by atomic mass is 16.2. The van der Waals surface area contributed by atoms with Crippen LogP contribution in [0.25, 0.3) is 0 Å². The lowest BCUT2D eigenvalue weighted by Gasteiger charge is -2.33. The standard InChI is InChI=1S/C19H28N2O/c1-15(2)20(17-8-4-5-9-17)14-12-19(22)21-13-11-16-7-3-6-10-18(16)21/h3,6-7,10,15,17H,4-5,8-9,11-14H2,1-2H3. The topological polar surface area (TPSA) is 23.6 Å². The number of para-hydroxylation sites is 1. The summed E-state index contributed by atoms with van der Waals surface area (Å²) in [6.07, 6.45) is 6.95. The Bertz CT molecular complexity index is 520. The Kier molecular flexibility index (Phi) is 4.82. The number of hydrogen-bond donors (Lipinski definition) is 0. The van der Waals surface area contributed by atoms with E-state index in [0.717, 1.165) is 25.2 Å². The van der Waals surface area contributed by atoms with E-state index < -0.39 is 0 Å². The van der Waals surface area contributed by atoms with Crippen LogP contribution in [0.15, 0.2) is 24.3 Å². The summed E-state index contributed by atoms with van der Waals surface area (Å²) in [6, 6.07) is 9.54. The van der Waals surface area contributed by atoms with Crippen molar-refractivity contribution in [1.29, 1.82) is 0 Å². The molecule has 1 heterocycles. The van der Waals surface area contributed by atoms with E-state index in [-0.39, 0.29) is 5.91 Å². The first kappa shape index (κ1) is 15.5. The lowest BCUT2D eigenvalue weighted by Crippen LogP contribution is -2.41. The van der Waals surface area contributed by atoms with Gasteiger partial charge in [-0.15, -0.1) is 0 Å². The van der Waals surface area contributed by atoms with Gasteiger partial charge in [-0.2, -0.15) is 0 Å². The van der Waals surface area contributed by atoms with Crippen LogP contribution < -0.4 is 4.90 Å². The molecule has 0 aromatic heterocycles. The molecule has 2 aliphatic rings. The molecule has 0 saturated heterocycles. The van der Waals surface area contributed by atoms with Gasteiger partial charge in [-0.25, -0.2) is 0 Å². The summed E-state index contributed by atoms with van der Waals surface area (Å²) in [5.41, 5.74) is 2.44. The fourth-order valence-corrected chi connectivity index (χ4v) is 4.06. The van der Waals surface area contributed by atoms with Gasteiger partial charge in [0.25, 0.3) is 0 Å². The van der Waals surface area contributed by atoms with Gasteiger partial charge in [-0.05, 0) is 44.7 Å². The average molecular weight is 300 g/mol. The molecule has 1 aliphatic heterocycles. The molecule has 1 aromatic carbocycles. The largest absolute Gasteiger partial charge is 0.312 e. The molecule has 22 heavy (non-hydrogen) atoms. The van der Waals surface area contributed by atoms with Gasteiger partial charge >= 0.3 is 0 Å². The SMILES string of the molecule is CC(C)N(CCC(=O)N1CCc2ccccc21)C1CCCC1. The minimum Gasteiger partial charge on any atom is -0.312 e. The van der Waals surface area contributed by atoms with Crippen LogP contribution in [0.2, 0.25) is 0 Å². The zero-order valence-electron chi connectivity index (χ0n) is 13.9. The van der Waals surface area contributed by atoms with Crippen LogP contribution in [0.5, 0.6) is 0 Å². The van der Waals surface area contributed by atoms with Crippen LogP contribution in [-0.4, -0.2) is 36.0 Å². The highest BCUT2D eigenvalue weighted by molar-refractivity contribution is 5.95. The van der Waals surface area contributed by atoms with Gasteiger partial charge in [-0.1, -0.05) is 31.0 Å². The third-order valence-corrected chi connectivity index (χ3v) is 5.23. The van der Waals surface area contributed by atoms with E-state index >= 15 is 0 Å². The number of rotatable bonds is 5. The Hall–Kier alpha value is -1.35. The summed E-state index contributed by atoms with van der Waals surface area (Å²) in [5, 5.41) is 0. The van der Waals surface area contributed by atoms with Crippen LogP contribution in [0, 0.1) is 0 Å². The zero-order valence-corrected chi connectivity index (χ0v) is 13.9. The second-order valence-corrected chi connectivity index (χ2v) is 6.94. The number of nitrogens with zero attached hydrogens (tertiary/aromatic N) is 2. The predicted octanol–water partition coefficient (Wildman–Crippen LogP) is 3.62. The van der Waals surface area contributed by atoms with E-state index in [1.165, 1.54) is 31.2 Å². The molecule has 0 bridgehead atoms. The van der Waals surface area contributed by atoms with Crippen LogP contribution in [-0.2, 0) is 11.2 Å². The fraction of sp³-hybridized carbons (Fsp3) is 0.632. The first-order chi connectivity index (χ1) is 10.7. The van der Waals surface area contributed by atoms with E-state index in [1.807, 2.05) is 11.0 Å². The summed E-state index contributed by atoms with van der Waals surface area (Å²) in [6.45, 7) is 6.27. The summed E-state index contributed by atoms with van der Waals surface area (Å²) in [4.78, 5) is 17.2. The van der Waals surface area contributed by atoms with Gasteiger partial charge < -0.3 is 4.90 Å². The first-order valence-corrected chi connectivity index (χ1v) is 8.81. The third kappa shape index (κ3) is 3.19. The number of carbonyl (C=O) groups excluding carboxylic acids is 1. The maximum Gasteiger partial charge on any atom is 0.228 e. The molecule has 1 saturated carbocycles. The van der Waals surface area contributed by atoms with E-state index in [2.05, 4.69) is 36.9 Å². The fourth-order valence-electron chi connectivity index (χ4n) is 4.06. The van der Waals surface area contributed by atoms with Crippen molar-refractivity contribution < 1.29 is 4.79 Å². The molecule has 0 spiro atoms. The highest BCUT2D eigenvalue weighted by Crippen LogP contribution is 2.29. The predicted molar refractivity (Wildman–Crippen MR) is 91.2 cm³/mol. The molecule has 3 heteroatoms. The highest BCUT2D eigenvalue weighted by Gasteiger charge is 2.27. The number of benzene rings is 1. The number of carbonyl (C=O) groups is 1. The van der Waals surface area contributed by atoms with Crippen molar-refractivity contribution in [2.24, 2.45) is 0 Å². The van der Waals surface area contributed by atoms with Gasteiger partial charge in [0.2, 0.25) is 5.91 Å². The van der Waals surface area contributed by atoms with Crippen molar-refractivity contribution in [3.63, 3.8) is 0 Å². The molecule has 0 atom stereocenters. The molecule has 0 radical (unpaired) electrons. The minimum absolute atomic E-state index is 0.286. The van der Waals surface area contributed by atoms with Crippen molar-refractivity contribution in [3.05, 3.63) is 29.8 Å². The average Bonchev–Trinajstić information content (AvgIpc) is 3.16. The van der Waals surface area contributed by atoms with Gasteiger partial charge in [0.1, 0.15) is 0 Å². The smallest absolute Gasteiger partial charge is 0.228 e. The van der Waals surface area contributed by atoms with E-state index in [0.29, 0.717) is 18.5 Å². The van der Waals surface area contributed by atoms with Crippen molar-refractivity contribution in [2.45, 2.75) is 64.5 Å². The van der Waals surface area contributed by atoms with E-state index in [1.54, 1.807) is 0 Å². The Morgan fingerprint density at radius 3 is 2.73 bits per heavy atom. The Morgan fingerprint density at radius 1 is 1.27 bits per heavy atom. The summed E-state index contributed by atoms with van der Waals surface area (Å²) >= 11 is 0. The van der Waals surface area contributed by atoms with Crippen LogP contribution in [0.3, 0.4) is 0 Å². The summed E-state index contributed by atoms with van der Waals surface area (Å²) < 4.78 is 0. The molecular weight excluding hydrogens is 272 g/mol. The van der Waals surface area contributed by atoms with E-state index in [4.69, 9.17) is 0 Å². The van der Waals surface area contributed by atoms with Gasteiger partial charge in [0.15, 0.2) is 0 Å². The number of fused-ring (bicyclic) bond motifs is 1. The molecule has 3 nitrogen and oxygen atoms in total. The minimum atomic E-state index is 0.286. The van der Waals surface area contributed by atoms with Crippen molar-refractivity contribution in [2.75, 3.05) is 18.0 Å². The molecule has 1 amide bonds. The van der Waals surface area contributed by atoms with Crippen LogP contribution in [0.1, 0.15) is 51.5 Å². The molecular formula is C19H28N2O. The van der Waals surface area contributed by atoms with Gasteiger partial charge in [-0.3, -0.25) is 9.69 Å². The maximum absolute atomic E-state index is 12.6. The molecule has 3 rings (SSSR count). The lowest BCUT2D eigenvalue weighted by molar-refractivity contribution is -0.119. The van der Waals surface area contributed by atoms with Gasteiger partial charge in [0, 0.05) is 37.3 Å². The normalized spacial score (nSPS) is 18.5. The Balaban J connectivity index is 1.60. The monoisotopic (exact) mass is 300 g/mol. The second-order valence-electron chi connectivity index (χ2n) is 6.94. The van der Waals surface area contributed by atoms with Crippen LogP contribution in [0.4, 0.5) is 5.69 Å². The molecule has 0 unspecified atom stereocenters. The number of anilines is 1. The Labute approximate surface area is 134 Å². The lowest BCUT2D eigenvalue weighted by atomic mass is 10.1. The third-order valence-electron chi connectivity index (χ3n) is 5.23. The summed E-state index contributed by atoms with van der Waals surface area (Å²) in [5.74, 6) is 0.286.